The van der Waals surface area contributed by atoms with Gasteiger partial charge in [-0.25, -0.2) is 0 Å². The molecule has 0 unspecified atom stereocenters. The molecule has 1 aromatic carbocycles. The molecule has 0 radical (unpaired) electrons. The highest BCUT2D eigenvalue weighted by Crippen LogP contribution is 2.23. The van der Waals surface area contributed by atoms with Crippen LogP contribution in [0.3, 0.4) is 0 Å². The Morgan fingerprint density at radius 1 is 1.16 bits per heavy atom. The van der Waals surface area contributed by atoms with Crippen LogP contribution >= 0.6 is 0 Å². The lowest BCUT2D eigenvalue weighted by Gasteiger charge is -2.21. The average molecular weight is 346 g/mol. The Morgan fingerprint density at radius 3 is 2.64 bits per heavy atom. The number of carbonyl (C=O) groups is 1. The molecular formula is C19H30N4O2. The number of benzene rings is 1. The Kier molecular flexibility index (Phi) is 8.09. The first kappa shape index (κ1) is 19.1. The maximum absolute atomic E-state index is 12.1. The Morgan fingerprint density at radius 2 is 1.92 bits per heavy atom. The number of aliphatic imine (C=N–C) groups is 1. The molecular weight excluding hydrogens is 316 g/mol. The van der Waals surface area contributed by atoms with Gasteiger partial charge in [-0.2, -0.15) is 0 Å². The summed E-state index contributed by atoms with van der Waals surface area (Å²) in [6.07, 6.45) is 5.68. The summed E-state index contributed by atoms with van der Waals surface area (Å²) in [6.45, 7) is 1.91. The smallest absolute Gasteiger partial charge is 0.223 e. The van der Waals surface area contributed by atoms with Crippen LogP contribution in [0.4, 0.5) is 0 Å². The van der Waals surface area contributed by atoms with E-state index in [4.69, 9.17) is 4.74 Å². The van der Waals surface area contributed by atoms with Crippen molar-refractivity contribution in [1.82, 2.24) is 16.0 Å². The van der Waals surface area contributed by atoms with E-state index in [2.05, 4.69) is 20.9 Å². The molecule has 1 aliphatic rings. The molecule has 0 bridgehead atoms. The molecule has 3 N–H and O–H groups in total. The maximum Gasteiger partial charge on any atom is 0.223 e. The predicted octanol–water partition coefficient (Wildman–Crippen LogP) is 2.06. The van der Waals surface area contributed by atoms with Gasteiger partial charge in [0.25, 0.3) is 0 Å². The van der Waals surface area contributed by atoms with Crippen molar-refractivity contribution in [1.29, 1.82) is 0 Å². The normalized spacial score (nSPS) is 15.5. The summed E-state index contributed by atoms with van der Waals surface area (Å²) in [5, 5.41) is 9.50. The first-order valence-corrected chi connectivity index (χ1v) is 9.08. The highest BCUT2D eigenvalue weighted by molar-refractivity contribution is 5.80. The molecule has 0 heterocycles. The highest BCUT2D eigenvalue weighted by atomic mass is 16.5. The van der Waals surface area contributed by atoms with Gasteiger partial charge >= 0.3 is 0 Å². The predicted molar refractivity (Wildman–Crippen MR) is 101 cm³/mol. The van der Waals surface area contributed by atoms with Crippen molar-refractivity contribution < 1.29 is 9.53 Å². The molecule has 138 valence electrons. The third-order valence-electron chi connectivity index (χ3n) is 4.51. The fourth-order valence-corrected chi connectivity index (χ4v) is 3.06. The van der Waals surface area contributed by atoms with Crippen molar-refractivity contribution in [2.24, 2.45) is 10.9 Å². The second-order valence-corrected chi connectivity index (χ2v) is 6.33. The van der Waals surface area contributed by atoms with Crippen molar-refractivity contribution in [3.63, 3.8) is 0 Å². The Hall–Kier alpha value is -2.24. The lowest BCUT2D eigenvalue weighted by atomic mass is 9.89. The molecule has 0 aromatic heterocycles. The van der Waals surface area contributed by atoms with Crippen molar-refractivity contribution >= 4 is 11.9 Å². The lowest BCUT2D eigenvalue weighted by molar-refractivity contribution is -0.125. The fraction of sp³-hybridized carbons (Fsp3) is 0.579. The SMILES string of the molecule is CN=C(NCCNC(=O)C1CCCCC1)NCc1cccc(OC)c1. The molecule has 1 fully saturated rings. The summed E-state index contributed by atoms with van der Waals surface area (Å²) < 4.78 is 5.23. The van der Waals surface area contributed by atoms with Crippen LogP contribution in [0.2, 0.25) is 0 Å². The molecule has 1 amide bonds. The molecule has 0 atom stereocenters. The second-order valence-electron chi connectivity index (χ2n) is 6.33. The number of hydrogen-bond donors (Lipinski definition) is 3. The molecule has 0 saturated heterocycles. The summed E-state index contributed by atoms with van der Waals surface area (Å²) in [4.78, 5) is 16.3. The summed E-state index contributed by atoms with van der Waals surface area (Å²) in [5.41, 5.74) is 1.12. The zero-order valence-corrected chi connectivity index (χ0v) is 15.3. The van der Waals surface area contributed by atoms with Gasteiger partial charge in [-0.05, 0) is 30.5 Å². The van der Waals surface area contributed by atoms with E-state index in [9.17, 15) is 4.79 Å². The number of nitrogens with zero attached hydrogens (tertiary/aromatic N) is 1. The van der Waals surface area contributed by atoms with Gasteiger partial charge in [-0.1, -0.05) is 31.4 Å². The van der Waals surface area contributed by atoms with Crippen LogP contribution in [-0.2, 0) is 11.3 Å². The van der Waals surface area contributed by atoms with Crippen LogP contribution in [-0.4, -0.2) is 39.1 Å². The minimum atomic E-state index is 0.195. The summed E-state index contributed by atoms with van der Waals surface area (Å²) in [7, 11) is 3.40. The third-order valence-corrected chi connectivity index (χ3v) is 4.51. The monoisotopic (exact) mass is 346 g/mol. The highest BCUT2D eigenvalue weighted by Gasteiger charge is 2.20. The van der Waals surface area contributed by atoms with Crippen LogP contribution in [0.5, 0.6) is 5.75 Å². The quantitative estimate of drug-likeness (QED) is 0.401. The van der Waals surface area contributed by atoms with Crippen LogP contribution in [0.15, 0.2) is 29.3 Å². The first-order valence-electron chi connectivity index (χ1n) is 9.08. The van der Waals surface area contributed by atoms with Gasteiger partial charge in [0.2, 0.25) is 5.91 Å². The van der Waals surface area contributed by atoms with Crippen LogP contribution < -0.4 is 20.7 Å². The maximum atomic E-state index is 12.1. The fourth-order valence-electron chi connectivity index (χ4n) is 3.06. The van der Waals surface area contributed by atoms with E-state index in [1.165, 1.54) is 19.3 Å². The molecule has 0 aliphatic heterocycles. The summed E-state index contributed by atoms with van der Waals surface area (Å²) >= 11 is 0. The number of carbonyl (C=O) groups excluding carboxylic acids is 1. The van der Waals surface area contributed by atoms with E-state index in [-0.39, 0.29) is 11.8 Å². The van der Waals surface area contributed by atoms with Crippen molar-refractivity contribution in [3.8, 4) is 5.75 Å². The minimum Gasteiger partial charge on any atom is -0.497 e. The second kappa shape index (κ2) is 10.6. The molecule has 1 saturated carbocycles. The van der Waals surface area contributed by atoms with Gasteiger partial charge < -0.3 is 20.7 Å². The first-order chi connectivity index (χ1) is 12.2. The number of methoxy groups -OCH3 is 1. The number of rotatable bonds is 7. The Balaban J connectivity index is 1.65. The Labute approximate surface area is 150 Å². The summed E-state index contributed by atoms with van der Waals surface area (Å²) in [6, 6.07) is 7.91. The van der Waals surface area contributed by atoms with Crippen LogP contribution in [0.25, 0.3) is 0 Å². The minimum absolute atomic E-state index is 0.195. The topological polar surface area (TPSA) is 74.8 Å². The molecule has 1 aromatic rings. The van der Waals surface area contributed by atoms with E-state index >= 15 is 0 Å². The molecule has 1 aliphatic carbocycles. The van der Waals surface area contributed by atoms with Gasteiger partial charge in [0.05, 0.1) is 7.11 Å². The number of amides is 1. The number of hydrogen-bond acceptors (Lipinski definition) is 3. The molecule has 25 heavy (non-hydrogen) atoms. The standard InChI is InChI=1S/C19H30N4O2/c1-20-19(23-14-15-7-6-10-17(13-15)25-2)22-12-11-21-18(24)16-8-4-3-5-9-16/h6-7,10,13,16H,3-5,8-9,11-12,14H2,1-2H3,(H,21,24)(H2,20,22,23). The number of guanidine groups is 1. The summed E-state index contributed by atoms with van der Waals surface area (Å²) in [5.74, 6) is 1.96. The van der Waals surface area contributed by atoms with E-state index < -0.39 is 0 Å². The van der Waals surface area contributed by atoms with Crippen LogP contribution in [0.1, 0.15) is 37.7 Å². The number of nitrogens with one attached hydrogen (secondary N) is 3. The average Bonchev–Trinajstić information content (AvgIpc) is 2.68. The molecule has 2 rings (SSSR count). The molecule has 0 spiro atoms. The van der Waals surface area contributed by atoms with E-state index in [1.807, 2.05) is 24.3 Å². The zero-order valence-electron chi connectivity index (χ0n) is 15.3. The zero-order chi connectivity index (χ0) is 17.9. The van der Waals surface area contributed by atoms with Gasteiger partial charge in [0.1, 0.15) is 5.75 Å². The van der Waals surface area contributed by atoms with Crippen molar-refractivity contribution in [2.45, 2.75) is 38.6 Å². The van der Waals surface area contributed by atoms with E-state index in [0.717, 1.165) is 30.1 Å². The lowest BCUT2D eigenvalue weighted by Crippen LogP contribution is -2.42. The number of ether oxygens (including phenoxy) is 1. The molecule has 6 heteroatoms. The van der Waals surface area contributed by atoms with Gasteiger partial charge in [0.15, 0.2) is 5.96 Å². The third kappa shape index (κ3) is 6.64. The Bertz CT molecular complexity index is 568. The van der Waals surface area contributed by atoms with Crippen molar-refractivity contribution in [3.05, 3.63) is 29.8 Å². The van der Waals surface area contributed by atoms with Gasteiger partial charge in [-0.15, -0.1) is 0 Å². The van der Waals surface area contributed by atoms with Crippen LogP contribution in [0, 0.1) is 5.92 Å². The molecule has 6 nitrogen and oxygen atoms in total. The largest absolute Gasteiger partial charge is 0.497 e. The van der Waals surface area contributed by atoms with Gasteiger partial charge in [-0.3, -0.25) is 9.79 Å². The van der Waals surface area contributed by atoms with E-state index in [0.29, 0.717) is 19.6 Å². The van der Waals surface area contributed by atoms with E-state index in [1.54, 1.807) is 14.2 Å². The van der Waals surface area contributed by atoms with Crippen molar-refractivity contribution in [2.75, 3.05) is 27.2 Å². The van der Waals surface area contributed by atoms with Gasteiger partial charge in [0, 0.05) is 32.6 Å².